The van der Waals surface area contributed by atoms with E-state index in [1.165, 1.54) is 0 Å². The Morgan fingerprint density at radius 2 is 2.06 bits per heavy atom. The average molecular weight is 252 g/mol. The summed E-state index contributed by atoms with van der Waals surface area (Å²) in [7, 11) is 1.61. The first kappa shape index (κ1) is 14.8. The molecule has 102 valence electrons. The highest BCUT2D eigenvalue weighted by Gasteiger charge is 2.17. The van der Waals surface area contributed by atoms with Gasteiger partial charge in [-0.05, 0) is 38.1 Å². The van der Waals surface area contributed by atoms with Gasteiger partial charge in [-0.25, -0.2) is 0 Å². The molecule has 0 saturated heterocycles. The van der Waals surface area contributed by atoms with Crippen molar-refractivity contribution in [1.82, 2.24) is 4.90 Å². The lowest BCUT2D eigenvalue weighted by Crippen LogP contribution is -2.38. The monoisotopic (exact) mass is 252 g/mol. The summed E-state index contributed by atoms with van der Waals surface area (Å²) in [4.78, 5) is 2.18. The van der Waals surface area contributed by atoms with Crippen LogP contribution >= 0.6 is 0 Å². The number of nitrogen functional groups attached to an aromatic ring is 1. The lowest BCUT2D eigenvalue weighted by Gasteiger charge is -2.28. The zero-order valence-corrected chi connectivity index (χ0v) is 11.7. The van der Waals surface area contributed by atoms with Crippen LogP contribution in [0.1, 0.15) is 26.3 Å². The van der Waals surface area contributed by atoms with E-state index in [2.05, 4.69) is 11.8 Å². The number of aliphatic hydroxyl groups is 1. The van der Waals surface area contributed by atoms with Crippen LogP contribution in [-0.4, -0.2) is 35.8 Å². The standard InChI is InChI=1S/C14H24N2O2/c1-5-16(10-14(2,3)17)9-11-6-7-13(18-4)12(15)8-11/h6-8,17H,5,9-10,15H2,1-4H3. The highest BCUT2D eigenvalue weighted by molar-refractivity contribution is 5.54. The Balaban J connectivity index is 2.73. The van der Waals surface area contributed by atoms with Gasteiger partial charge in [0.2, 0.25) is 0 Å². The number of likely N-dealkylation sites (N-methyl/N-ethyl adjacent to an activating group) is 1. The first-order valence-corrected chi connectivity index (χ1v) is 6.23. The number of benzene rings is 1. The molecule has 1 aromatic rings. The van der Waals surface area contributed by atoms with E-state index in [9.17, 15) is 5.11 Å². The Hall–Kier alpha value is -1.26. The van der Waals surface area contributed by atoms with E-state index in [1.54, 1.807) is 7.11 Å². The molecule has 0 unspecified atom stereocenters. The quantitative estimate of drug-likeness (QED) is 0.759. The summed E-state index contributed by atoms with van der Waals surface area (Å²) >= 11 is 0. The molecule has 0 aromatic heterocycles. The molecule has 0 bridgehead atoms. The molecule has 0 amide bonds. The highest BCUT2D eigenvalue weighted by atomic mass is 16.5. The van der Waals surface area contributed by atoms with Gasteiger partial charge in [0.15, 0.2) is 0 Å². The number of nitrogens with two attached hydrogens (primary N) is 1. The van der Waals surface area contributed by atoms with Crippen molar-refractivity contribution < 1.29 is 9.84 Å². The number of anilines is 1. The van der Waals surface area contributed by atoms with Crippen LogP contribution in [0.2, 0.25) is 0 Å². The number of nitrogens with zero attached hydrogens (tertiary/aromatic N) is 1. The molecule has 1 rings (SSSR count). The molecule has 0 fully saturated rings. The smallest absolute Gasteiger partial charge is 0.141 e. The molecule has 0 heterocycles. The van der Waals surface area contributed by atoms with Gasteiger partial charge in [0, 0.05) is 13.1 Å². The molecule has 18 heavy (non-hydrogen) atoms. The molecule has 4 nitrogen and oxygen atoms in total. The van der Waals surface area contributed by atoms with E-state index in [0.29, 0.717) is 18.0 Å². The predicted molar refractivity (Wildman–Crippen MR) is 74.7 cm³/mol. The summed E-state index contributed by atoms with van der Waals surface area (Å²) in [5.41, 5.74) is 6.97. The third kappa shape index (κ3) is 4.55. The molecule has 0 aliphatic heterocycles. The second-order valence-corrected chi connectivity index (χ2v) is 5.19. The van der Waals surface area contributed by atoms with E-state index in [-0.39, 0.29) is 0 Å². The minimum absolute atomic E-state index is 0.634. The summed E-state index contributed by atoms with van der Waals surface area (Å²) in [5.74, 6) is 0.698. The Bertz CT molecular complexity index is 386. The molecular weight excluding hydrogens is 228 g/mol. The minimum atomic E-state index is -0.686. The Morgan fingerprint density at radius 3 is 2.50 bits per heavy atom. The summed E-state index contributed by atoms with van der Waals surface area (Å²) in [6, 6.07) is 5.80. The van der Waals surface area contributed by atoms with Gasteiger partial charge in [0.25, 0.3) is 0 Å². The number of ether oxygens (including phenoxy) is 1. The van der Waals surface area contributed by atoms with Crippen molar-refractivity contribution in [3.63, 3.8) is 0 Å². The van der Waals surface area contributed by atoms with Gasteiger partial charge in [-0.2, -0.15) is 0 Å². The van der Waals surface area contributed by atoms with E-state index < -0.39 is 5.60 Å². The summed E-state index contributed by atoms with van der Waals surface area (Å²) in [6.07, 6.45) is 0. The summed E-state index contributed by atoms with van der Waals surface area (Å²) < 4.78 is 5.13. The zero-order chi connectivity index (χ0) is 13.8. The van der Waals surface area contributed by atoms with Crippen LogP contribution in [0.25, 0.3) is 0 Å². The van der Waals surface area contributed by atoms with Gasteiger partial charge in [0.05, 0.1) is 18.4 Å². The minimum Gasteiger partial charge on any atom is -0.495 e. The fourth-order valence-electron chi connectivity index (χ4n) is 1.97. The maximum atomic E-state index is 9.85. The normalized spacial score (nSPS) is 11.9. The lowest BCUT2D eigenvalue weighted by molar-refractivity contribution is 0.0353. The summed E-state index contributed by atoms with van der Waals surface area (Å²) in [5, 5.41) is 9.85. The molecule has 0 saturated carbocycles. The van der Waals surface area contributed by atoms with Crippen LogP contribution in [0.5, 0.6) is 5.75 Å². The Kier molecular flexibility index (Phi) is 4.99. The van der Waals surface area contributed by atoms with Gasteiger partial charge in [-0.15, -0.1) is 0 Å². The van der Waals surface area contributed by atoms with Crippen molar-refractivity contribution in [2.24, 2.45) is 0 Å². The van der Waals surface area contributed by atoms with Crippen LogP contribution in [0.15, 0.2) is 18.2 Å². The fraction of sp³-hybridized carbons (Fsp3) is 0.571. The molecule has 0 atom stereocenters. The van der Waals surface area contributed by atoms with Crippen LogP contribution in [0, 0.1) is 0 Å². The van der Waals surface area contributed by atoms with Gasteiger partial charge in [0.1, 0.15) is 5.75 Å². The maximum Gasteiger partial charge on any atom is 0.141 e. The van der Waals surface area contributed by atoms with E-state index in [1.807, 2.05) is 32.0 Å². The van der Waals surface area contributed by atoms with Crippen LogP contribution in [-0.2, 0) is 6.54 Å². The van der Waals surface area contributed by atoms with Crippen molar-refractivity contribution in [1.29, 1.82) is 0 Å². The van der Waals surface area contributed by atoms with Crippen molar-refractivity contribution in [2.45, 2.75) is 32.9 Å². The predicted octanol–water partition coefficient (Wildman–Crippen LogP) is 1.87. The van der Waals surface area contributed by atoms with Gasteiger partial charge in [-0.3, -0.25) is 4.90 Å². The van der Waals surface area contributed by atoms with Gasteiger partial charge >= 0.3 is 0 Å². The third-order valence-corrected chi connectivity index (χ3v) is 2.76. The first-order chi connectivity index (χ1) is 8.35. The summed E-state index contributed by atoms with van der Waals surface area (Å²) in [6.45, 7) is 8.01. The first-order valence-electron chi connectivity index (χ1n) is 6.23. The third-order valence-electron chi connectivity index (χ3n) is 2.76. The van der Waals surface area contributed by atoms with Crippen LogP contribution < -0.4 is 10.5 Å². The highest BCUT2D eigenvalue weighted by Crippen LogP contribution is 2.22. The number of hydrogen-bond donors (Lipinski definition) is 2. The molecular formula is C14H24N2O2. The maximum absolute atomic E-state index is 9.85. The molecule has 0 radical (unpaired) electrons. The lowest BCUT2D eigenvalue weighted by atomic mass is 10.1. The fourth-order valence-corrected chi connectivity index (χ4v) is 1.97. The van der Waals surface area contributed by atoms with Crippen LogP contribution in [0.3, 0.4) is 0 Å². The Labute approximate surface area is 109 Å². The van der Waals surface area contributed by atoms with E-state index in [0.717, 1.165) is 18.7 Å². The zero-order valence-electron chi connectivity index (χ0n) is 11.7. The molecule has 4 heteroatoms. The SMILES string of the molecule is CCN(Cc1ccc(OC)c(N)c1)CC(C)(C)O. The molecule has 0 aliphatic carbocycles. The van der Waals surface area contributed by atoms with Crippen LogP contribution in [0.4, 0.5) is 5.69 Å². The molecule has 1 aromatic carbocycles. The van der Waals surface area contributed by atoms with Crippen molar-refractivity contribution in [2.75, 3.05) is 25.9 Å². The van der Waals surface area contributed by atoms with E-state index in [4.69, 9.17) is 10.5 Å². The van der Waals surface area contributed by atoms with Gasteiger partial charge in [-0.1, -0.05) is 13.0 Å². The number of methoxy groups -OCH3 is 1. The molecule has 0 spiro atoms. The largest absolute Gasteiger partial charge is 0.495 e. The van der Waals surface area contributed by atoms with Crippen molar-refractivity contribution in [3.8, 4) is 5.75 Å². The number of hydrogen-bond acceptors (Lipinski definition) is 4. The van der Waals surface area contributed by atoms with E-state index >= 15 is 0 Å². The van der Waals surface area contributed by atoms with Gasteiger partial charge < -0.3 is 15.6 Å². The average Bonchev–Trinajstić information content (AvgIpc) is 2.26. The van der Waals surface area contributed by atoms with Crippen molar-refractivity contribution >= 4 is 5.69 Å². The Morgan fingerprint density at radius 1 is 1.39 bits per heavy atom. The molecule has 3 N–H and O–H groups in total. The topological polar surface area (TPSA) is 58.7 Å². The second-order valence-electron chi connectivity index (χ2n) is 5.19. The second kappa shape index (κ2) is 6.07. The number of rotatable bonds is 6. The van der Waals surface area contributed by atoms with Crippen molar-refractivity contribution in [3.05, 3.63) is 23.8 Å². The molecule has 0 aliphatic rings.